The van der Waals surface area contributed by atoms with Crippen molar-refractivity contribution in [2.75, 3.05) is 50.1 Å². The average molecular weight is 504 g/mol. The molecule has 10 nitrogen and oxygen atoms in total. The van der Waals surface area contributed by atoms with E-state index in [0.717, 1.165) is 17.5 Å². The van der Waals surface area contributed by atoms with Gasteiger partial charge in [-0.05, 0) is 36.4 Å². The first kappa shape index (κ1) is 24.0. The number of rotatable bonds is 8. The van der Waals surface area contributed by atoms with Crippen LogP contribution in [0.25, 0.3) is 17.1 Å². The molecule has 2 heterocycles. The minimum absolute atomic E-state index is 0.0145. The number of methoxy groups -OCH3 is 1. The topological polar surface area (TPSA) is 116 Å². The molecule has 0 spiro atoms. The number of thioether (sulfide) groups is 1. The van der Waals surface area contributed by atoms with Crippen molar-refractivity contribution in [2.45, 2.75) is 5.16 Å². The number of ether oxygens (including phenoxy) is 2. The summed E-state index contributed by atoms with van der Waals surface area (Å²) in [6, 6.07) is 14.3. The zero-order valence-corrected chi connectivity index (χ0v) is 20.4. The molecule has 0 bridgehead atoms. The van der Waals surface area contributed by atoms with Crippen molar-refractivity contribution in [3.05, 3.63) is 48.5 Å². The Bertz CT molecular complexity index is 1250. The summed E-state index contributed by atoms with van der Waals surface area (Å²) in [7, 11) is -1.80. The molecule has 34 heavy (non-hydrogen) atoms. The van der Waals surface area contributed by atoms with Crippen molar-refractivity contribution < 1.29 is 22.7 Å². The van der Waals surface area contributed by atoms with Crippen LogP contribution in [0, 0.1) is 0 Å². The highest BCUT2D eigenvalue weighted by atomic mass is 32.2. The fourth-order valence-electron chi connectivity index (χ4n) is 3.51. The molecule has 0 atom stereocenters. The van der Waals surface area contributed by atoms with Gasteiger partial charge < -0.3 is 14.4 Å². The van der Waals surface area contributed by atoms with Crippen LogP contribution in [-0.2, 0) is 19.6 Å². The number of benzene rings is 2. The highest BCUT2D eigenvalue weighted by Crippen LogP contribution is 2.33. The molecule has 1 aliphatic rings. The third kappa shape index (κ3) is 5.69. The van der Waals surface area contributed by atoms with Crippen LogP contribution in [0.15, 0.2) is 53.7 Å². The molecule has 0 aliphatic carbocycles. The number of carbonyl (C=O) groups excluding carboxylic acids is 1. The first-order chi connectivity index (χ1) is 16.4. The Hall–Kier alpha value is -3.09. The molecule has 0 unspecified atom stereocenters. The number of nitrogens with zero attached hydrogens (tertiary/aromatic N) is 4. The number of nitrogens with one attached hydrogen (secondary N) is 1. The van der Waals surface area contributed by atoms with Crippen molar-refractivity contribution >= 4 is 33.4 Å². The number of carbonyl (C=O) groups is 1. The number of morpholine rings is 1. The molecule has 1 aromatic heterocycles. The molecular formula is C22H25N5O5S2. The Kier molecular flexibility index (Phi) is 7.39. The van der Waals surface area contributed by atoms with E-state index in [0.29, 0.717) is 48.7 Å². The van der Waals surface area contributed by atoms with E-state index < -0.39 is 10.0 Å². The predicted molar refractivity (Wildman–Crippen MR) is 130 cm³/mol. The Morgan fingerprint density at radius 3 is 2.50 bits per heavy atom. The van der Waals surface area contributed by atoms with E-state index in [-0.39, 0.29) is 11.7 Å². The molecule has 0 radical (unpaired) electrons. The smallest absolute Gasteiger partial charge is 0.233 e. The highest BCUT2D eigenvalue weighted by molar-refractivity contribution is 7.99. The van der Waals surface area contributed by atoms with E-state index in [1.165, 1.54) is 11.8 Å². The van der Waals surface area contributed by atoms with Crippen LogP contribution < -0.4 is 9.46 Å². The van der Waals surface area contributed by atoms with Gasteiger partial charge in [0.25, 0.3) is 0 Å². The van der Waals surface area contributed by atoms with Crippen LogP contribution in [0.5, 0.6) is 5.75 Å². The van der Waals surface area contributed by atoms with Crippen molar-refractivity contribution in [3.8, 4) is 22.8 Å². The minimum atomic E-state index is -3.38. The van der Waals surface area contributed by atoms with Gasteiger partial charge in [0.15, 0.2) is 11.0 Å². The fourth-order valence-corrected chi connectivity index (χ4v) is 4.93. The van der Waals surface area contributed by atoms with Crippen molar-refractivity contribution in [2.24, 2.45) is 0 Å². The molecule has 1 aliphatic heterocycles. The zero-order chi connectivity index (χ0) is 24.1. The summed E-state index contributed by atoms with van der Waals surface area (Å²) in [6.07, 6.45) is 1.10. The zero-order valence-electron chi connectivity index (χ0n) is 18.8. The molecule has 1 saturated heterocycles. The molecule has 1 fully saturated rings. The number of aromatic nitrogens is 3. The summed E-state index contributed by atoms with van der Waals surface area (Å²) in [6.45, 7) is 2.25. The van der Waals surface area contributed by atoms with Crippen molar-refractivity contribution in [1.82, 2.24) is 19.7 Å². The van der Waals surface area contributed by atoms with Gasteiger partial charge in [-0.1, -0.05) is 23.9 Å². The monoisotopic (exact) mass is 503 g/mol. The summed E-state index contributed by atoms with van der Waals surface area (Å²) in [4.78, 5) is 14.5. The number of hydrogen-bond donors (Lipinski definition) is 1. The lowest BCUT2D eigenvalue weighted by atomic mass is 10.2. The highest BCUT2D eigenvalue weighted by Gasteiger charge is 2.22. The normalized spacial score (nSPS) is 14.1. The predicted octanol–water partition coefficient (Wildman–Crippen LogP) is 2.27. The van der Waals surface area contributed by atoms with Crippen LogP contribution >= 0.6 is 11.8 Å². The lowest BCUT2D eigenvalue weighted by Crippen LogP contribution is -2.41. The second-order valence-electron chi connectivity index (χ2n) is 7.55. The van der Waals surface area contributed by atoms with Crippen LogP contribution in [0.3, 0.4) is 0 Å². The molecule has 1 amide bonds. The van der Waals surface area contributed by atoms with Gasteiger partial charge in [-0.25, -0.2) is 8.42 Å². The van der Waals surface area contributed by atoms with Crippen molar-refractivity contribution in [1.29, 1.82) is 0 Å². The fraction of sp³-hybridized carbons (Fsp3) is 0.318. The summed E-state index contributed by atoms with van der Waals surface area (Å²) in [5.74, 6) is 1.39. The van der Waals surface area contributed by atoms with Crippen LogP contribution in [-0.4, -0.2) is 79.4 Å². The molecule has 3 aromatic rings. The van der Waals surface area contributed by atoms with E-state index >= 15 is 0 Å². The van der Waals surface area contributed by atoms with Gasteiger partial charge in [-0.3, -0.25) is 14.1 Å². The van der Waals surface area contributed by atoms with Gasteiger partial charge in [0.05, 0.1) is 38.0 Å². The van der Waals surface area contributed by atoms with Crippen molar-refractivity contribution in [3.63, 3.8) is 0 Å². The van der Waals surface area contributed by atoms with E-state index in [4.69, 9.17) is 9.47 Å². The number of para-hydroxylation sites is 2. The number of amides is 1. The molecular weight excluding hydrogens is 478 g/mol. The third-order valence-electron chi connectivity index (χ3n) is 5.09. The Morgan fingerprint density at radius 2 is 1.82 bits per heavy atom. The van der Waals surface area contributed by atoms with Gasteiger partial charge >= 0.3 is 0 Å². The lowest BCUT2D eigenvalue weighted by Gasteiger charge is -2.26. The standard InChI is InChI=1S/C22H25N5O5S2/c1-31-19-6-4-3-5-18(19)27-21(16-7-9-17(10-8-16)25-34(2,29)30)23-24-22(27)33-15-20(28)26-11-13-32-14-12-26/h3-10,25H,11-15H2,1-2H3. The number of sulfonamides is 1. The molecule has 2 aromatic carbocycles. The quantitative estimate of drug-likeness (QED) is 0.466. The second-order valence-corrected chi connectivity index (χ2v) is 10.2. The number of hydrogen-bond acceptors (Lipinski definition) is 8. The Morgan fingerprint density at radius 1 is 1.12 bits per heavy atom. The van der Waals surface area contributed by atoms with E-state index in [1.54, 1.807) is 36.3 Å². The van der Waals surface area contributed by atoms with Gasteiger partial charge in [0, 0.05) is 24.3 Å². The van der Waals surface area contributed by atoms with Gasteiger partial charge in [0.2, 0.25) is 15.9 Å². The summed E-state index contributed by atoms with van der Waals surface area (Å²) < 4.78 is 38.2. The van der Waals surface area contributed by atoms with Gasteiger partial charge in [0.1, 0.15) is 5.75 Å². The third-order valence-corrected chi connectivity index (χ3v) is 6.61. The van der Waals surface area contributed by atoms with Gasteiger partial charge in [-0.2, -0.15) is 0 Å². The lowest BCUT2D eigenvalue weighted by molar-refractivity contribution is -0.132. The molecule has 180 valence electrons. The maximum atomic E-state index is 12.7. The average Bonchev–Trinajstić information content (AvgIpc) is 3.26. The first-order valence-corrected chi connectivity index (χ1v) is 13.4. The molecule has 0 saturated carbocycles. The number of anilines is 1. The van der Waals surface area contributed by atoms with Crippen LogP contribution in [0.4, 0.5) is 5.69 Å². The largest absolute Gasteiger partial charge is 0.495 e. The maximum absolute atomic E-state index is 12.7. The molecule has 12 heteroatoms. The van der Waals surface area contributed by atoms with E-state index in [2.05, 4.69) is 14.9 Å². The first-order valence-electron chi connectivity index (χ1n) is 10.5. The minimum Gasteiger partial charge on any atom is -0.495 e. The Labute approximate surface area is 202 Å². The van der Waals surface area contributed by atoms with E-state index in [1.807, 2.05) is 28.8 Å². The molecule has 1 N–H and O–H groups in total. The SMILES string of the molecule is COc1ccccc1-n1c(SCC(=O)N2CCOCC2)nnc1-c1ccc(NS(C)(=O)=O)cc1. The Balaban J connectivity index is 1.67. The second kappa shape index (κ2) is 10.5. The van der Waals surface area contributed by atoms with Gasteiger partial charge in [-0.15, -0.1) is 10.2 Å². The van der Waals surface area contributed by atoms with E-state index in [9.17, 15) is 13.2 Å². The van der Waals surface area contributed by atoms with Crippen LogP contribution in [0.2, 0.25) is 0 Å². The summed E-state index contributed by atoms with van der Waals surface area (Å²) in [5, 5.41) is 9.28. The summed E-state index contributed by atoms with van der Waals surface area (Å²) in [5.41, 5.74) is 1.90. The summed E-state index contributed by atoms with van der Waals surface area (Å²) >= 11 is 1.30. The molecule has 4 rings (SSSR count). The van der Waals surface area contributed by atoms with Crippen LogP contribution in [0.1, 0.15) is 0 Å². The maximum Gasteiger partial charge on any atom is 0.233 e.